The van der Waals surface area contributed by atoms with Gasteiger partial charge in [0.25, 0.3) is 5.69 Å². The molecule has 1 aromatic rings. The Bertz CT molecular complexity index is 557. The van der Waals surface area contributed by atoms with Crippen molar-refractivity contribution in [1.29, 1.82) is 0 Å². The second-order valence-corrected chi connectivity index (χ2v) is 5.18. The SMILES string of the molecule is CNS(=O)(=O)c1ccc(N(C)OC)c([N+](=O)[O-])c1. The lowest BCUT2D eigenvalue weighted by molar-refractivity contribution is -0.384. The minimum Gasteiger partial charge on any atom is -0.277 e. The highest BCUT2D eigenvalue weighted by Crippen LogP contribution is 2.29. The van der Waals surface area contributed by atoms with Crippen LogP contribution in [0.4, 0.5) is 11.4 Å². The number of nitro benzene ring substituents is 1. The molecule has 100 valence electrons. The first-order valence-electron chi connectivity index (χ1n) is 4.83. The number of sulfonamides is 1. The van der Waals surface area contributed by atoms with Gasteiger partial charge in [-0.1, -0.05) is 0 Å². The van der Waals surface area contributed by atoms with Crippen LogP contribution in [-0.4, -0.2) is 34.5 Å². The lowest BCUT2D eigenvalue weighted by atomic mass is 10.2. The highest BCUT2D eigenvalue weighted by molar-refractivity contribution is 7.89. The molecular formula is C9H13N3O5S. The molecule has 0 aliphatic carbocycles. The summed E-state index contributed by atoms with van der Waals surface area (Å²) < 4.78 is 25.2. The van der Waals surface area contributed by atoms with E-state index < -0.39 is 14.9 Å². The predicted octanol–water partition coefficient (Wildman–Crippen LogP) is 0.500. The summed E-state index contributed by atoms with van der Waals surface area (Å²) in [4.78, 5) is 14.9. The summed E-state index contributed by atoms with van der Waals surface area (Å²) in [7, 11) is 0.345. The highest BCUT2D eigenvalue weighted by atomic mass is 32.2. The van der Waals surface area contributed by atoms with Crippen molar-refractivity contribution in [3.05, 3.63) is 28.3 Å². The maximum absolute atomic E-state index is 11.5. The minimum absolute atomic E-state index is 0.164. The van der Waals surface area contributed by atoms with Gasteiger partial charge in [0.15, 0.2) is 0 Å². The van der Waals surface area contributed by atoms with E-state index in [2.05, 4.69) is 4.72 Å². The van der Waals surface area contributed by atoms with Crippen LogP contribution < -0.4 is 9.79 Å². The maximum Gasteiger partial charge on any atom is 0.296 e. The number of rotatable bonds is 5. The second kappa shape index (κ2) is 5.29. The molecule has 0 aliphatic rings. The number of hydrogen-bond donors (Lipinski definition) is 1. The van der Waals surface area contributed by atoms with Crippen molar-refractivity contribution in [3.8, 4) is 0 Å². The molecule has 0 bridgehead atoms. The third kappa shape index (κ3) is 2.75. The maximum atomic E-state index is 11.5. The van der Waals surface area contributed by atoms with Gasteiger partial charge < -0.3 is 0 Å². The van der Waals surface area contributed by atoms with Crippen molar-refractivity contribution in [2.75, 3.05) is 26.3 Å². The third-order valence-electron chi connectivity index (χ3n) is 2.34. The molecule has 0 fully saturated rings. The summed E-state index contributed by atoms with van der Waals surface area (Å²) in [6.07, 6.45) is 0. The molecule has 0 atom stereocenters. The van der Waals surface area contributed by atoms with Crippen LogP contribution in [0.3, 0.4) is 0 Å². The van der Waals surface area contributed by atoms with Gasteiger partial charge >= 0.3 is 0 Å². The molecule has 0 aliphatic heterocycles. The zero-order valence-corrected chi connectivity index (χ0v) is 10.9. The molecule has 1 aromatic carbocycles. The molecule has 0 spiro atoms. The van der Waals surface area contributed by atoms with E-state index in [1.165, 1.54) is 38.4 Å². The summed E-state index contributed by atoms with van der Waals surface area (Å²) in [5.41, 5.74) is -0.187. The van der Waals surface area contributed by atoms with E-state index in [0.29, 0.717) is 0 Å². The molecule has 0 unspecified atom stereocenters. The molecular weight excluding hydrogens is 262 g/mol. The fourth-order valence-corrected chi connectivity index (χ4v) is 2.05. The number of nitro groups is 1. The number of hydroxylamine groups is 1. The first-order valence-corrected chi connectivity index (χ1v) is 6.31. The topological polar surface area (TPSA) is 102 Å². The van der Waals surface area contributed by atoms with Gasteiger partial charge in [-0.3, -0.25) is 20.0 Å². The van der Waals surface area contributed by atoms with Gasteiger partial charge in [0.05, 0.1) is 16.9 Å². The number of nitrogens with one attached hydrogen (secondary N) is 1. The summed E-state index contributed by atoms with van der Waals surface area (Å²) in [5, 5.41) is 12.1. The fraction of sp³-hybridized carbons (Fsp3) is 0.333. The first-order chi connectivity index (χ1) is 8.33. The van der Waals surface area contributed by atoms with E-state index in [4.69, 9.17) is 4.84 Å². The van der Waals surface area contributed by atoms with Crippen LogP contribution in [0.2, 0.25) is 0 Å². The van der Waals surface area contributed by atoms with E-state index in [-0.39, 0.29) is 16.3 Å². The molecule has 18 heavy (non-hydrogen) atoms. The molecule has 0 radical (unpaired) electrons. The predicted molar refractivity (Wildman–Crippen MR) is 64.8 cm³/mol. The number of anilines is 1. The average Bonchev–Trinajstić information content (AvgIpc) is 2.36. The molecule has 0 saturated heterocycles. The van der Waals surface area contributed by atoms with Crippen molar-refractivity contribution in [1.82, 2.24) is 4.72 Å². The van der Waals surface area contributed by atoms with Gasteiger partial charge in [0.1, 0.15) is 5.69 Å². The quantitative estimate of drug-likeness (QED) is 0.620. The van der Waals surface area contributed by atoms with Crippen LogP contribution in [0.1, 0.15) is 0 Å². The smallest absolute Gasteiger partial charge is 0.277 e. The molecule has 8 nitrogen and oxygen atoms in total. The Morgan fingerprint density at radius 3 is 2.50 bits per heavy atom. The molecule has 0 aromatic heterocycles. The van der Waals surface area contributed by atoms with Gasteiger partial charge in [0, 0.05) is 13.1 Å². The van der Waals surface area contributed by atoms with Gasteiger partial charge in [0.2, 0.25) is 10.0 Å². The van der Waals surface area contributed by atoms with E-state index in [9.17, 15) is 18.5 Å². The van der Waals surface area contributed by atoms with Crippen LogP contribution in [0.15, 0.2) is 23.1 Å². The van der Waals surface area contributed by atoms with Gasteiger partial charge in [-0.2, -0.15) is 0 Å². The Labute approximate surface area is 104 Å². The highest BCUT2D eigenvalue weighted by Gasteiger charge is 2.22. The molecule has 0 amide bonds. The molecule has 1 N–H and O–H groups in total. The van der Waals surface area contributed by atoms with Gasteiger partial charge in [-0.25, -0.2) is 13.1 Å². The Morgan fingerprint density at radius 1 is 1.44 bits per heavy atom. The van der Waals surface area contributed by atoms with Gasteiger partial charge in [-0.05, 0) is 19.2 Å². The van der Waals surface area contributed by atoms with Crippen LogP contribution in [0.5, 0.6) is 0 Å². The van der Waals surface area contributed by atoms with Crippen molar-refractivity contribution in [2.45, 2.75) is 4.90 Å². The van der Waals surface area contributed by atoms with Crippen molar-refractivity contribution in [3.63, 3.8) is 0 Å². The van der Waals surface area contributed by atoms with Crippen LogP contribution in [-0.2, 0) is 14.9 Å². The lowest BCUT2D eigenvalue weighted by Gasteiger charge is -2.16. The normalized spacial score (nSPS) is 11.3. The van der Waals surface area contributed by atoms with E-state index in [0.717, 1.165) is 6.07 Å². The Morgan fingerprint density at radius 2 is 2.06 bits per heavy atom. The molecule has 0 saturated carbocycles. The first kappa shape index (κ1) is 14.4. The number of nitrogens with zero attached hydrogens (tertiary/aromatic N) is 2. The Kier molecular flexibility index (Phi) is 4.22. The summed E-state index contributed by atoms with van der Waals surface area (Å²) in [6, 6.07) is 3.56. The van der Waals surface area contributed by atoms with Crippen LogP contribution in [0, 0.1) is 10.1 Å². The van der Waals surface area contributed by atoms with E-state index in [1.54, 1.807) is 0 Å². The summed E-state index contributed by atoms with van der Waals surface area (Å²) >= 11 is 0. The average molecular weight is 275 g/mol. The minimum atomic E-state index is -3.72. The van der Waals surface area contributed by atoms with Crippen molar-refractivity contribution >= 4 is 21.4 Å². The Hall–Kier alpha value is -1.71. The lowest BCUT2D eigenvalue weighted by Crippen LogP contribution is -2.20. The van der Waals surface area contributed by atoms with E-state index in [1.807, 2.05) is 0 Å². The molecule has 9 heteroatoms. The third-order valence-corrected chi connectivity index (χ3v) is 3.75. The second-order valence-electron chi connectivity index (χ2n) is 3.30. The fourth-order valence-electron chi connectivity index (χ4n) is 1.30. The number of benzene rings is 1. The largest absolute Gasteiger partial charge is 0.296 e. The van der Waals surface area contributed by atoms with E-state index >= 15 is 0 Å². The van der Waals surface area contributed by atoms with Gasteiger partial charge in [-0.15, -0.1) is 0 Å². The monoisotopic (exact) mass is 275 g/mol. The zero-order chi connectivity index (χ0) is 13.9. The van der Waals surface area contributed by atoms with Crippen LogP contribution in [0.25, 0.3) is 0 Å². The van der Waals surface area contributed by atoms with Crippen molar-refractivity contribution in [2.24, 2.45) is 0 Å². The van der Waals surface area contributed by atoms with Crippen LogP contribution >= 0.6 is 0 Å². The number of hydrogen-bond acceptors (Lipinski definition) is 6. The zero-order valence-electron chi connectivity index (χ0n) is 10.1. The van der Waals surface area contributed by atoms with Crippen molar-refractivity contribution < 1.29 is 18.2 Å². The summed E-state index contributed by atoms with van der Waals surface area (Å²) in [6.45, 7) is 0. The standard InChI is InChI=1S/C9H13N3O5S/c1-10-18(15,16)7-4-5-8(11(2)17-3)9(6-7)12(13)14/h4-6,10H,1-3H3. The Balaban J connectivity index is 3.42. The molecule has 0 heterocycles. The molecule has 1 rings (SSSR count). The summed E-state index contributed by atoms with van der Waals surface area (Å²) in [5.74, 6) is 0.